The first-order valence-electron chi connectivity index (χ1n) is 7.36. The lowest BCUT2D eigenvalue weighted by Crippen LogP contribution is -2.38. The molecule has 0 aliphatic heterocycles. The molecule has 0 radical (unpaired) electrons. The number of hydrogen-bond acceptors (Lipinski definition) is 3. The highest BCUT2D eigenvalue weighted by Crippen LogP contribution is 2.18. The number of aliphatic carboxylic acids is 1. The Balaban J connectivity index is 1.85. The third-order valence-electron chi connectivity index (χ3n) is 3.93. The first-order valence-corrected chi connectivity index (χ1v) is 7.36. The molecule has 4 heteroatoms. The topological polar surface area (TPSA) is 69.6 Å². The van der Waals surface area contributed by atoms with Gasteiger partial charge in [-0.15, -0.1) is 0 Å². The minimum absolute atomic E-state index is 0.0645. The Kier molecular flexibility index (Phi) is 5.56. The van der Waals surface area contributed by atoms with Crippen LogP contribution in [0.3, 0.4) is 0 Å². The SMILES string of the molecule is O=C(O)Cc1ccc(CNC2CCCCCC2O)cc1. The maximum atomic E-state index is 10.6. The number of benzene rings is 1. The van der Waals surface area contributed by atoms with E-state index in [2.05, 4.69) is 5.32 Å². The lowest BCUT2D eigenvalue weighted by molar-refractivity contribution is -0.136. The quantitative estimate of drug-likeness (QED) is 0.721. The number of nitrogens with one attached hydrogen (secondary N) is 1. The molecule has 2 atom stereocenters. The van der Waals surface area contributed by atoms with Gasteiger partial charge in [-0.1, -0.05) is 43.5 Å². The van der Waals surface area contributed by atoms with E-state index < -0.39 is 5.97 Å². The van der Waals surface area contributed by atoms with E-state index in [0.29, 0.717) is 0 Å². The van der Waals surface area contributed by atoms with Gasteiger partial charge in [-0.2, -0.15) is 0 Å². The van der Waals surface area contributed by atoms with E-state index in [1.165, 1.54) is 12.8 Å². The normalized spacial score (nSPS) is 23.2. The van der Waals surface area contributed by atoms with Crippen LogP contribution < -0.4 is 5.32 Å². The molecule has 110 valence electrons. The molecule has 1 saturated carbocycles. The molecule has 1 aliphatic carbocycles. The summed E-state index contributed by atoms with van der Waals surface area (Å²) >= 11 is 0. The number of aliphatic hydroxyl groups is 1. The zero-order chi connectivity index (χ0) is 14.4. The molecule has 4 nitrogen and oxygen atoms in total. The Labute approximate surface area is 119 Å². The largest absolute Gasteiger partial charge is 0.481 e. The standard InChI is InChI=1S/C16H23NO3/c18-15-5-3-1-2-4-14(15)17-11-13-8-6-12(7-9-13)10-16(19)20/h6-9,14-15,17-18H,1-5,10-11H2,(H,19,20). The van der Waals surface area contributed by atoms with E-state index >= 15 is 0 Å². The Bertz CT molecular complexity index is 430. The summed E-state index contributed by atoms with van der Waals surface area (Å²) in [5.41, 5.74) is 1.94. The predicted molar refractivity (Wildman–Crippen MR) is 77.5 cm³/mol. The molecule has 1 aromatic carbocycles. The van der Waals surface area contributed by atoms with E-state index in [1.54, 1.807) is 0 Å². The number of hydrogen-bond donors (Lipinski definition) is 3. The lowest BCUT2D eigenvalue weighted by atomic mass is 10.0. The first-order chi connectivity index (χ1) is 9.65. The van der Waals surface area contributed by atoms with Crippen LogP contribution >= 0.6 is 0 Å². The molecule has 2 rings (SSSR count). The van der Waals surface area contributed by atoms with Crippen LogP contribution in [0.5, 0.6) is 0 Å². The fraction of sp³-hybridized carbons (Fsp3) is 0.562. The lowest BCUT2D eigenvalue weighted by Gasteiger charge is -2.21. The van der Waals surface area contributed by atoms with Gasteiger partial charge in [0.25, 0.3) is 0 Å². The van der Waals surface area contributed by atoms with Crippen molar-refractivity contribution in [2.24, 2.45) is 0 Å². The fourth-order valence-electron chi connectivity index (χ4n) is 2.72. The van der Waals surface area contributed by atoms with Gasteiger partial charge in [0.15, 0.2) is 0 Å². The van der Waals surface area contributed by atoms with Crippen LogP contribution in [0.1, 0.15) is 43.2 Å². The third kappa shape index (κ3) is 4.62. The second kappa shape index (κ2) is 7.41. The van der Waals surface area contributed by atoms with Gasteiger partial charge < -0.3 is 15.5 Å². The van der Waals surface area contributed by atoms with Crippen molar-refractivity contribution in [3.05, 3.63) is 35.4 Å². The number of carboxylic acids is 1. The highest BCUT2D eigenvalue weighted by atomic mass is 16.4. The highest BCUT2D eigenvalue weighted by molar-refractivity contribution is 5.70. The van der Waals surface area contributed by atoms with Crippen LogP contribution in [0.15, 0.2) is 24.3 Å². The number of carboxylic acid groups (broad SMARTS) is 1. The van der Waals surface area contributed by atoms with Crippen LogP contribution in [-0.4, -0.2) is 28.3 Å². The summed E-state index contributed by atoms with van der Waals surface area (Å²) in [6.45, 7) is 0.717. The van der Waals surface area contributed by atoms with Gasteiger partial charge in [-0.05, 0) is 24.0 Å². The smallest absolute Gasteiger partial charge is 0.307 e. The van der Waals surface area contributed by atoms with Crippen molar-refractivity contribution in [3.63, 3.8) is 0 Å². The molecule has 3 N–H and O–H groups in total. The summed E-state index contributed by atoms with van der Waals surface area (Å²) in [5, 5.41) is 22.2. The van der Waals surface area contributed by atoms with Crippen molar-refractivity contribution < 1.29 is 15.0 Å². The predicted octanol–water partition coefficient (Wildman–Crippen LogP) is 2.10. The minimum Gasteiger partial charge on any atom is -0.481 e. The Morgan fingerprint density at radius 1 is 1.10 bits per heavy atom. The van der Waals surface area contributed by atoms with Gasteiger partial charge in [0, 0.05) is 12.6 Å². The average molecular weight is 277 g/mol. The van der Waals surface area contributed by atoms with Gasteiger partial charge in [0.2, 0.25) is 0 Å². The van der Waals surface area contributed by atoms with Gasteiger partial charge in [-0.3, -0.25) is 4.79 Å². The number of carbonyl (C=O) groups is 1. The number of rotatable bonds is 5. The highest BCUT2D eigenvalue weighted by Gasteiger charge is 2.20. The molecule has 20 heavy (non-hydrogen) atoms. The molecule has 0 aromatic heterocycles. The molecule has 1 aromatic rings. The molecule has 2 unspecified atom stereocenters. The van der Waals surface area contributed by atoms with Crippen molar-refractivity contribution in [2.45, 2.75) is 57.2 Å². The average Bonchev–Trinajstić information content (AvgIpc) is 2.62. The van der Waals surface area contributed by atoms with E-state index in [9.17, 15) is 9.90 Å². The molecule has 1 fully saturated rings. The maximum Gasteiger partial charge on any atom is 0.307 e. The monoisotopic (exact) mass is 277 g/mol. The minimum atomic E-state index is -0.808. The van der Waals surface area contributed by atoms with Crippen LogP contribution in [0.2, 0.25) is 0 Å². The summed E-state index contributed by atoms with van der Waals surface area (Å²) in [6, 6.07) is 7.79. The Morgan fingerprint density at radius 2 is 1.75 bits per heavy atom. The summed E-state index contributed by atoms with van der Waals surface area (Å²) in [7, 11) is 0. The summed E-state index contributed by atoms with van der Waals surface area (Å²) in [5.74, 6) is -0.808. The second-order valence-electron chi connectivity index (χ2n) is 5.58. The van der Waals surface area contributed by atoms with Gasteiger partial charge in [-0.25, -0.2) is 0 Å². The molecule has 0 spiro atoms. The molecule has 1 aliphatic rings. The summed E-state index contributed by atoms with van der Waals surface area (Å²) in [4.78, 5) is 10.6. The van der Waals surface area contributed by atoms with E-state index in [-0.39, 0.29) is 18.6 Å². The number of aliphatic hydroxyl groups excluding tert-OH is 1. The Hall–Kier alpha value is -1.39. The zero-order valence-corrected chi connectivity index (χ0v) is 11.7. The van der Waals surface area contributed by atoms with Crippen molar-refractivity contribution in [1.82, 2.24) is 5.32 Å². The van der Waals surface area contributed by atoms with Crippen molar-refractivity contribution in [1.29, 1.82) is 0 Å². The van der Waals surface area contributed by atoms with E-state index in [1.807, 2.05) is 24.3 Å². The van der Waals surface area contributed by atoms with Crippen LogP contribution in [-0.2, 0) is 17.8 Å². The molecule has 0 saturated heterocycles. The molecule has 0 amide bonds. The van der Waals surface area contributed by atoms with Crippen LogP contribution in [0, 0.1) is 0 Å². The second-order valence-corrected chi connectivity index (χ2v) is 5.58. The van der Waals surface area contributed by atoms with Gasteiger partial charge in [0.05, 0.1) is 12.5 Å². The van der Waals surface area contributed by atoms with Crippen molar-refractivity contribution in [2.75, 3.05) is 0 Å². The summed E-state index contributed by atoms with van der Waals surface area (Å²) < 4.78 is 0. The van der Waals surface area contributed by atoms with Crippen molar-refractivity contribution >= 4 is 5.97 Å². The van der Waals surface area contributed by atoms with Gasteiger partial charge >= 0.3 is 5.97 Å². The molecule has 0 heterocycles. The Morgan fingerprint density at radius 3 is 2.45 bits per heavy atom. The third-order valence-corrected chi connectivity index (χ3v) is 3.93. The molecule has 0 bridgehead atoms. The van der Waals surface area contributed by atoms with E-state index in [4.69, 9.17) is 5.11 Å². The molecular formula is C16H23NO3. The van der Waals surface area contributed by atoms with Crippen LogP contribution in [0.25, 0.3) is 0 Å². The summed E-state index contributed by atoms with van der Waals surface area (Å²) in [6.07, 6.45) is 5.22. The van der Waals surface area contributed by atoms with Crippen LogP contribution in [0.4, 0.5) is 0 Å². The van der Waals surface area contributed by atoms with E-state index in [0.717, 1.165) is 36.9 Å². The first kappa shape index (κ1) is 15.0. The fourth-order valence-corrected chi connectivity index (χ4v) is 2.72. The maximum absolute atomic E-state index is 10.6. The zero-order valence-electron chi connectivity index (χ0n) is 11.7. The van der Waals surface area contributed by atoms with Crippen molar-refractivity contribution in [3.8, 4) is 0 Å². The van der Waals surface area contributed by atoms with Gasteiger partial charge in [0.1, 0.15) is 0 Å². The molecular weight excluding hydrogens is 254 g/mol.